The maximum atomic E-state index is 12.6. The van der Waals surface area contributed by atoms with Crippen molar-refractivity contribution >= 4 is 5.97 Å². The summed E-state index contributed by atoms with van der Waals surface area (Å²) in [5, 5.41) is 8.73. The molecule has 0 aliphatic heterocycles. The van der Waals surface area contributed by atoms with Gasteiger partial charge in [-0.25, -0.2) is 18.6 Å². The van der Waals surface area contributed by atoms with Crippen LogP contribution in [0.2, 0.25) is 0 Å². The number of pyridine rings is 1. The molecule has 1 rings (SSSR count). The Morgan fingerprint density at radius 3 is 2.76 bits per heavy atom. The minimum Gasteiger partial charge on any atom is -0.461 e. The zero-order valence-corrected chi connectivity index (χ0v) is 9.33. The van der Waals surface area contributed by atoms with Crippen LogP contribution >= 0.6 is 0 Å². The number of nitriles is 1. The number of ether oxygens (including phenoxy) is 1. The van der Waals surface area contributed by atoms with Crippen molar-refractivity contribution < 1.29 is 18.3 Å². The van der Waals surface area contributed by atoms with E-state index in [2.05, 4.69) is 9.72 Å². The number of rotatable bonds is 3. The fraction of sp³-hybridized carbons (Fsp3) is 0.364. The van der Waals surface area contributed by atoms with E-state index in [1.54, 1.807) is 13.0 Å². The molecule has 0 saturated heterocycles. The van der Waals surface area contributed by atoms with Crippen LogP contribution in [0.15, 0.2) is 6.07 Å². The molecule has 0 radical (unpaired) electrons. The molecule has 0 aromatic carbocycles. The number of hydrogen-bond acceptors (Lipinski definition) is 4. The summed E-state index contributed by atoms with van der Waals surface area (Å²) in [6, 6.07) is 2.75. The van der Waals surface area contributed by atoms with Crippen LogP contribution in [0.4, 0.5) is 8.78 Å². The van der Waals surface area contributed by atoms with Crippen molar-refractivity contribution in [3.8, 4) is 6.07 Å². The van der Waals surface area contributed by atoms with Crippen LogP contribution in [0.5, 0.6) is 0 Å². The number of hydrogen-bond donors (Lipinski definition) is 0. The highest BCUT2D eigenvalue weighted by Crippen LogP contribution is 2.25. The van der Waals surface area contributed by atoms with Crippen LogP contribution in [-0.4, -0.2) is 17.6 Å². The quantitative estimate of drug-likeness (QED) is 0.761. The highest BCUT2D eigenvalue weighted by molar-refractivity contribution is 5.87. The number of nitrogens with zero attached hydrogens (tertiary/aromatic N) is 2. The monoisotopic (exact) mass is 240 g/mol. The molecule has 0 fully saturated rings. The molecule has 0 bridgehead atoms. The Morgan fingerprint density at radius 2 is 2.29 bits per heavy atom. The number of alkyl halides is 2. The van der Waals surface area contributed by atoms with E-state index in [4.69, 9.17) is 5.26 Å². The fourth-order valence-electron chi connectivity index (χ4n) is 1.35. The van der Waals surface area contributed by atoms with Gasteiger partial charge in [0.15, 0.2) is 5.69 Å². The van der Waals surface area contributed by atoms with Gasteiger partial charge in [-0.15, -0.1) is 0 Å². The summed E-state index contributed by atoms with van der Waals surface area (Å²) in [7, 11) is 0. The number of carbonyl (C=O) groups is 1. The zero-order valence-electron chi connectivity index (χ0n) is 9.33. The molecule has 1 aromatic rings. The second-order valence-electron chi connectivity index (χ2n) is 3.22. The number of aromatic nitrogens is 1. The van der Waals surface area contributed by atoms with Crippen molar-refractivity contribution in [2.45, 2.75) is 20.3 Å². The van der Waals surface area contributed by atoms with E-state index in [0.29, 0.717) is 0 Å². The average molecular weight is 240 g/mol. The molecule has 6 heteroatoms. The standard InChI is InChI=1S/C11H10F2N2O2/c1-3-17-11(16)7-4-6(2)9(10(12)13)8(5-14)15-7/h4,10H,3H2,1-2H3. The lowest BCUT2D eigenvalue weighted by Crippen LogP contribution is -2.10. The molecular weight excluding hydrogens is 230 g/mol. The summed E-state index contributed by atoms with van der Waals surface area (Å²) in [6.07, 6.45) is -2.80. The van der Waals surface area contributed by atoms with E-state index in [1.807, 2.05) is 0 Å². The Hall–Kier alpha value is -2.03. The molecule has 1 aromatic heterocycles. The minimum atomic E-state index is -2.80. The van der Waals surface area contributed by atoms with Gasteiger partial charge in [0.25, 0.3) is 6.43 Å². The first-order valence-electron chi connectivity index (χ1n) is 4.88. The zero-order chi connectivity index (χ0) is 13.0. The molecule has 4 nitrogen and oxygen atoms in total. The van der Waals surface area contributed by atoms with Crippen molar-refractivity contribution in [1.82, 2.24) is 4.98 Å². The number of aryl methyl sites for hydroxylation is 1. The molecule has 0 saturated carbocycles. The van der Waals surface area contributed by atoms with Gasteiger partial charge in [-0.1, -0.05) is 0 Å². The van der Waals surface area contributed by atoms with Gasteiger partial charge in [0.2, 0.25) is 0 Å². The van der Waals surface area contributed by atoms with Gasteiger partial charge in [0, 0.05) is 0 Å². The Kier molecular flexibility index (Phi) is 4.10. The van der Waals surface area contributed by atoms with E-state index >= 15 is 0 Å². The Balaban J connectivity index is 3.28. The maximum absolute atomic E-state index is 12.6. The predicted octanol–water partition coefficient (Wildman–Crippen LogP) is 2.38. The summed E-state index contributed by atoms with van der Waals surface area (Å²) in [6.45, 7) is 3.16. The van der Waals surface area contributed by atoms with Gasteiger partial charge < -0.3 is 4.74 Å². The van der Waals surface area contributed by atoms with E-state index in [1.165, 1.54) is 13.0 Å². The minimum absolute atomic E-state index is 0.134. The molecule has 0 aliphatic rings. The normalized spacial score (nSPS) is 10.1. The first-order valence-corrected chi connectivity index (χ1v) is 4.88. The SMILES string of the molecule is CCOC(=O)c1cc(C)c(C(F)F)c(C#N)n1. The van der Waals surface area contributed by atoms with Crippen molar-refractivity contribution in [1.29, 1.82) is 5.26 Å². The number of carbonyl (C=O) groups excluding carboxylic acids is 1. The second kappa shape index (κ2) is 5.34. The van der Waals surface area contributed by atoms with E-state index in [0.717, 1.165) is 0 Å². The van der Waals surface area contributed by atoms with Crippen LogP contribution < -0.4 is 0 Å². The molecule has 0 amide bonds. The molecular formula is C11H10F2N2O2. The van der Waals surface area contributed by atoms with E-state index in [9.17, 15) is 13.6 Å². The molecule has 17 heavy (non-hydrogen) atoms. The second-order valence-corrected chi connectivity index (χ2v) is 3.22. The Morgan fingerprint density at radius 1 is 1.65 bits per heavy atom. The van der Waals surface area contributed by atoms with Crippen LogP contribution in [0.25, 0.3) is 0 Å². The summed E-state index contributed by atoms with van der Waals surface area (Å²) in [5.74, 6) is -0.729. The van der Waals surface area contributed by atoms with Crippen LogP contribution in [0, 0.1) is 18.3 Å². The Labute approximate surface area is 96.8 Å². The molecule has 90 valence electrons. The summed E-state index contributed by atoms with van der Waals surface area (Å²) < 4.78 is 30.0. The molecule has 0 unspecified atom stereocenters. The third kappa shape index (κ3) is 2.75. The maximum Gasteiger partial charge on any atom is 0.356 e. The summed E-state index contributed by atoms with van der Waals surface area (Å²) >= 11 is 0. The third-order valence-electron chi connectivity index (χ3n) is 2.07. The third-order valence-corrected chi connectivity index (χ3v) is 2.07. The predicted molar refractivity (Wildman–Crippen MR) is 54.6 cm³/mol. The van der Waals surface area contributed by atoms with Gasteiger partial charge in [0.1, 0.15) is 11.8 Å². The van der Waals surface area contributed by atoms with Gasteiger partial charge in [-0.3, -0.25) is 0 Å². The van der Waals surface area contributed by atoms with Crippen LogP contribution in [0.3, 0.4) is 0 Å². The molecule has 0 spiro atoms. The van der Waals surface area contributed by atoms with Crippen molar-refractivity contribution in [2.24, 2.45) is 0 Å². The largest absolute Gasteiger partial charge is 0.461 e. The van der Waals surface area contributed by atoms with Crippen molar-refractivity contribution in [3.05, 3.63) is 28.6 Å². The van der Waals surface area contributed by atoms with E-state index in [-0.39, 0.29) is 17.9 Å². The topological polar surface area (TPSA) is 63.0 Å². The number of esters is 1. The lowest BCUT2D eigenvalue weighted by Gasteiger charge is -2.08. The van der Waals surface area contributed by atoms with Gasteiger partial charge in [0.05, 0.1) is 12.2 Å². The van der Waals surface area contributed by atoms with E-state index < -0.39 is 23.7 Å². The van der Waals surface area contributed by atoms with Crippen LogP contribution in [0.1, 0.15) is 40.7 Å². The fourth-order valence-corrected chi connectivity index (χ4v) is 1.35. The number of halogens is 2. The van der Waals surface area contributed by atoms with Gasteiger partial charge in [-0.05, 0) is 25.5 Å². The molecule has 0 N–H and O–H groups in total. The lowest BCUT2D eigenvalue weighted by atomic mass is 10.1. The smallest absolute Gasteiger partial charge is 0.356 e. The van der Waals surface area contributed by atoms with Crippen LogP contribution in [-0.2, 0) is 4.74 Å². The Bertz CT molecular complexity index is 481. The summed E-state index contributed by atoms with van der Waals surface area (Å²) in [5.41, 5.74) is -0.872. The highest BCUT2D eigenvalue weighted by atomic mass is 19.3. The van der Waals surface area contributed by atoms with Crippen molar-refractivity contribution in [3.63, 3.8) is 0 Å². The van der Waals surface area contributed by atoms with Gasteiger partial charge >= 0.3 is 5.97 Å². The summed E-state index contributed by atoms with van der Waals surface area (Å²) in [4.78, 5) is 14.9. The molecule has 1 heterocycles. The first-order chi connectivity index (χ1) is 8.01. The molecule has 0 aliphatic carbocycles. The average Bonchev–Trinajstić information content (AvgIpc) is 2.27. The first kappa shape index (κ1) is 13.0. The van der Waals surface area contributed by atoms with Crippen molar-refractivity contribution in [2.75, 3.05) is 6.61 Å². The molecule has 0 atom stereocenters. The lowest BCUT2D eigenvalue weighted by molar-refractivity contribution is 0.0518. The van der Waals surface area contributed by atoms with Gasteiger partial charge in [-0.2, -0.15) is 5.26 Å². The highest BCUT2D eigenvalue weighted by Gasteiger charge is 2.21.